The molecule has 11 nitrogen and oxygen atoms in total. The van der Waals surface area contributed by atoms with E-state index in [1.54, 1.807) is 0 Å². The van der Waals surface area contributed by atoms with Gasteiger partial charge in [0.15, 0.2) is 10.9 Å². The Morgan fingerprint density at radius 3 is 1.95 bits per heavy atom. The number of amides is 2. The lowest BCUT2D eigenvalue weighted by atomic mass is 9.90. The first-order chi connectivity index (χ1) is 19.2. The summed E-state index contributed by atoms with van der Waals surface area (Å²) in [5.41, 5.74) is 15.1. The van der Waals surface area contributed by atoms with Crippen molar-refractivity contribution in [3.05, 3.63) is 112 Å². The highest BCUT2D eigenvalue weighted by atomic mass is 16.7. The van der Waals surface area contributed by atoms with Crippen molar-refractivity contribution in [2.75, 3.05) is 19.0 Å². The van der Waals surface area contributed by atoms with Crippen molar-refractivity contribution in [3.63, 3.8) is 0 Å². The maximum absolute atomic E-state index is 13.7. The van der Waals surface area contributed by atoms with E-state index in [0.29, 0.717) is 0 Å². The van der Waals surface area contributed by atoms with Crippen LogP contribution in [-0.4, -0.2) is 48.9 Å². The fourth-order valence-electron chi connectivity index (χ4n) is 4.20. The minimum atomic E-state index is -0.974. The Hall–Kier alpha value is -4.77. The molecule has 11 heteroatoms. The first-order valence-corrected chi connectivity index (χ1v) is 12.8. The van der Waals surface area contributed by atoms with Crippen LogP contribution in [0.2, 0.25) is 0 Å². The molecule has 0 saturated carbocycles. The molecule has 0 heterocycles. The first kappa shape index (κ1) is 29.8. The van der Waals surface area contributed by atoms with E-state index < -0.39 is 28.9 Å². The Morgan fingerprint density at radius 1 is 0.900 bits per heavy atom. The van der Waals surface area contributed by atoms with Gasteiger partial charge in [0, 0.05) is 26.3 Å². The molecule has 2 unspecified atom stereocenters. The third-order valence-electron chi connectivity index (χ3n) is 6.42. The Labute approximate surface area is 233 Å². The summed E-state index contributed by atoms with van der Waals surface area (Å²) in [4.78, 5) is 39.7. The molecule has 0 aromatic heterocycles. The molecule has 2 amide bonds. The summed E-state index contributed by atoms with van der Waals surface area (Å²) in [5, 5.41) is 18.6. The number of nitrogens with two attached hydrogens (primary N) is 2. The highest BCUT2D eigenvalue weighted by Crippen LogP contribution is 2.25. The van der Waals surface area contributed by atoms with Crippen LogP contribution in [0.3, 0.4) is 0 Å². The fourth-order valence-corrected chi connectivity index (χ4v) is 4.20. The largest absolute Gasteiger partial charge is 0.381 e. The number of hydrogen-bond donors (Lipinski definition) is 4. The number of nitro groups is 1. The predicted octanol–water partition coefficient (Wildman–Crippen LogP) is 2.34. The second-order valence-corrected chi connectivity index (χ2v) is 9.54. The van der Waals surface area contributed by atoms with Gasteiger partial charge >= 0.3 is 0 Å². The monoisotopic (exact) mass is 545 g/mol. The van der Waals surface area contributed by atoms with Crippen molar-refractivity contribution in [2.24, 2.45) is 16.6 Å². The number of hydrazone groups is 1. The number of amidine groups is 1. The summed E-state index contributed by atoms with van der Waals surface area (Å²) < 4.78 is 0. The molecule has 3 aromatic rings. The fraction of sp³-hybridized carbons (Fsp3) is 0.276. The first-order valence-electron chi connectivity index (χ1n) is 12.8. The number of benzene rings is 3. The van der Waals surface area contributed by atoms with Crippen molar-refractivity contribution in [2.45, 2.75) is 37.4 Å². The molecule has 0 spiro atoms. The van der Waals surface area contributed by atoms with Crippen molar-refractivity contribution in [1.29, 1.82) is 0 Å². The molecule has 0 saturated heterocycles. The number of carbonyl (C=O) groups excluding carboxylic acids is 2. The zero-order valence-electron chi connectivity index (χ0n) is 22.6. The van der Waals surface area contributed by atoms with Crippen molar-refractivity contribution < 1.29 is 14.6 Å². The highest BCUT2D eigenvalue weighted by molar-refractivity contribution is 5.92. The average Bonchev–Trinajstić information content (AvgIpc) is 2.94. The summed E-state index contributed by atoms with van der Waals surface area (Å²) in [6, 6.07) is 24.3. The minimum absolute atomic E-state index is 0.0837. The Kier molecular flexibility index (Phi) is 10.7. The van der Waals surface area contributed by atoms with Gasteiger partial charge in [-0.1, -0.05) is 72.8 Å². The normalized spacial score (nSPS) is 12.8. The SMILES string of the molecule is CN(C)c1ccc(CNC(=O)C(CCC(N)/C(N)=N\[N+](=O)[O-])NC(=O)C(c2ccccc2)c2ccccc2)cc1. The molecule has 3 rings (SSSR count). The standard InChI is InChI=1S/C29H35N7O4/c1-35(2)23-15-13-20(14-16-23)19-32-28(37)25(18-17-24(30)27(31)34-36(39)40)33-29(38)26(21-9-5-3-6-10-21)22-11-7-4-8-12-22/h3-16,24-26H,17-19,30H2,1-2H3,(H2,31,34)(H,32,37)(H,33,38). The summed E-state index contributed by atoms with van der Waals surface area (Å²) in [6.45, 7) is 0.247. The van der Waals surface area contributed by atoms with Gasteiger partial charge < -0.3 is 27.0 Å². The lowest BCUT2D eigenvalue weighted by Gasteiger charge is -2.24. The number of nitrogens with zero attached hydrogens (tertiary/aromatic N) is 3. The van der Waals surface area contributed by atoms with Gasteiger partial charge in [0.2, 0.25) is 11.8 Å². The van der Waals surface area contributed by atoms with E-state index in [-0.39, 0.29) is 31.1 Å². The van der Waals surface area contributed by atoms with E-state index in [0.717, 1.165) is 22.4 Å². The van der Waals surface area contributed by atoms with E-state index in [2.05, 4.69) is 15.7 Å². The molecular weight excluding hydrogens is 510 g/mol. The zero-order valence-corrected chi connectivity index (χ0v) is 22.6. The van der Waals surface area contributed by atoms with Gasteiger partial charge in [0.25, 0.3) is 0 Å². The Morgan fingerprint density at radius 2 is 1.45 bits per heavy atom. The van der Waals surface area contributed by atoms with Crippen LogP contribution < -0.4 is 27.0 Å². The van der Waals surface area contributed by atoms with Crippen LogP contribution in [0.1, 0.15) is 35.4 Å². The second-order valence-electron chi connectivity index (χ2n) is 9.54. The van der Waals surface area contributed by atoms with Crippen LogP contribution in [0.5, 0.6) is 0 Å². The predicted molar refractivity (Wildman–Crippen MR) is 155 cm³/mol. The molecule has 0 aliphatic heterocycles. The topological polar surface area (TPSA) is 169 Å². The van der Waals surface area contributed by atoms with E-state index >= 15 is 0 Å². The molecule has 0 aliphatic carbocycles. The lowest BCUT2D eigenvalue weighted by molar-refractivity contribution is -0.485. The van der Waals surface area contributed by atoms with Gasteiger partial charge in [0.05, 0.1) is 17.1 Å². The molecule has 210 valence electrons. The number of hydrogen-bond acceptors (Lipinski definition) is 6. The van der Waals surface area contributed by atoms with Gasteiger partial charge in [-0.2, -0.15) is 0 Å². The summed E-state index contributed by atoms with van der Waals surface area (Å²) in [7, 11) is 3.88. The van der Waals surface area contributed by atoms with Crippen LogP contribution in [0.25, 0.3) is 0 Å². The van der Waals surface area contributed by atoms with Gasteiger partial charge in [-0.15, -0.1) is 0 Å². The lowest BCUT2D eigenvalue weighted by Crippen LogP contribution is -2.49. The Balaban J connectivity index is 1.80. The van der Waals surface area contributed by atoms with E-state index in [1.165, 1.54) is 0 Å². The third-order valence-corrected chi connectivity index (χ3v) is 6.42. The van der Waals surface area contributed by atoms with Crippen LogP contribution in [0, 0.1) is 10.1 Å². The molecule has 0 radical (unpaired) electrons. The zero-order chi connectivity index (χ0) is 29.1. The van der Waals surface area contributed by atoms with Crippen molar-refractivity contribution >= 4 is 23.3 Å². The number of rotatable bonds is 13. The van der Waals surface area contributed by atoms with E-state index in [9.17, 15) is 19.7 Å². The maximum Gasteiger partial charge on any atom is 0.242 e. The number of nitrogens with one attached hydrogen (secondary N) is 2. The molecular formula is C29H35N7O4. The molecule has 0 bridgehead atoms. The summed E-state index contributed by atoms with van der Waals surface area (Å²) >= 11 is 0. The van der Waals surface area contributed by atoms with Crippen LogP contribution in [-0.2, 0) is 16.1 Å². The van der Waals surface area contributed by atoms with Crippen LogP contribution in [0.4, 0.5) is 5.69 Å². The third kappa shape index (κ3) is 8.63. The molecule has 3 aromatic carbocycles. The van der Waals surface area contributed by atoms with Crippen molar-refractivity contribution in [1.82, 2.24) is 10.6 Å². The molecule has 6 N–H and O–H groups in total. The minimum Gasteiger partial charge on any atom is -0.381 e. The molecule has 2 atom stereocenters. The van der Waals surface area contributed by atoms with Gasteiger partial charge in [-0.25, -0.2) is 10.1 Å². The molecule has 0 aliphatic rings. The molecule has 40 heavy (non-hydrogen) atoms. The maximum atomic E-state index is 13.7. The van der Waals surface area contributed by atoms with E-state index in [1.807, 2.05) is 104 Å². The van der Waals surface area contributed by atoms with Crippen molar-refractivity contribution in [3.8, 4) is 0 Å². The smallest absolute Gasteiger partial charge is 0.242 e. The van der Waals surface area contributed by atoms with Gasteiger partial charge in [-0.3, -0.25) is 9.59 Å². The Bertz CT molecular complexity index is 1260. The van der Waals surface area contributed by atoms with Crippen LogP contribution in [0.15, 0.2) is 90.0 Å². The quantitative estimate of drug-likeness (QED) is 0.111. The van der Waals surface area contributed by atoms with Crippen LogP contribution >= 0.6 is 0 Å². The number of carbonyl (C=O) groups is 2. The van der Waals surface area contributed by atoms with E-state index in [4.69, 9.17) is 11.5 Å². The average molecular weight is 546 g/mol. The summed E-state index contributed by atoms with van der Waals surface area (Å²) in [6.07, 6.45) is 0.170. The molecule has 0 fully saturated rings. The van der Waals surface area contributed by atoms with Gasteiger partial charge in [0.1, 0.15) is 6.04 Å². The number of anilines is 1. The van der Waals surface area contributed by atoms with Gasteiger partial charge in [-0.05, 0) is 41.7 Å². The second kappa shape index (κ2) is 14.4. The summed E-state index contributed by atoms with van der Waals surface area (Å²) in [5.74, 6) is -1.80. The highest BCUT2D eigenvalue weighted by Gasteiger charge is 2.28.